The lowest BCUT2D eigenvalue weighted by molar-refractivity contribution is -0.120. The lowest BCUT2D eigenvalue weighted by Gasteiger charge is -2.43. The van der Waals surface area contributed by atoms with Crippen LogP contribution in [0.25, 0.3) is 11.2 Å². The molecule has 4 aromatic heterocycles. The van der Waals surface area contributed by atoms with Gasteiger partial charge in [-0.3, -0.25) is 19.1 Å². The molecule has 5 aromatic rings. The molecule has 0 radical (unpaired) electrons. The lowest BCUT2D eigenvalue weighted by Crippen LogP contribution is -2.55. The molecule has 26 nitrogen and oxygen atoms in total. The number of nitrogens with zero attached hydrogens (tertiary/aromatic N) is 11. The van der Waals surface area contributed by atoms with Crippen molar-refractivity contribution in [1.29, 1.82) is 0 Å². The van der Waals surface area contributed by atoms with Gasteiger partial charge in [-0.25, -0.2) is 14.4 Å². The highest BCUT2D eigenvalue weighted by atomic mass is 19.1. The number of amides is 3. The Balaban J connectivity index is 0.626. The summed E-state index contributed by atoms with van der Waals surface area (Å²) in [5, 5.41) is 16.5. The molecule has 434 valence electrons. The number of nitrogens with one attached hydrogen (secondary N) is 4. The van der Waals surface area contributed by atoms with Crippen molar-refractivity contribution in [3.8, 4) is 11.6 Å². The van der Waals surface area contributed by atoms with Gasteiger partial charge in [0.2, 0.25) is 23.7 Å². The SMILES string of the molecule is C=CC(=O)NC1CN(c2nc(Nc3cn(CCOCCOCCOCCOCCOCCOCCNC(=O)c4ccc(Nc5ncc6c(n5)N(C5CCCC5)[C@H](CC)C(=O)N6C)c(OC)c4)nc3OC)c3ncn(C)c3n2)C[C@H]1F. The molecule has 1 aliphatic carbocycles. The fourth-order valence-electron chi connectivity index (χ4n) is 9.61. The Kier molecular flexibility index (Phi) is 21.5. The normalized spacial score (nSPS) is 17.3. The highest BCUT2D eigenvalue weighted by Gasteiger charge is 2.41. The third-order valence-electron chi connectivity index (χ3n) is 13.7. The summed E-state index contributed by atoms with van der Waals surface area (Å²) in [4.78, 5) is 66.9. The van der Waals surface area contributed by atoms with Gasteiger partial charge in [-0.1, -0.05) is 26.3 Å². The summed E-state index contributed by atoms with van der Waals surface area (Å²) >= 11 is 0. The molecule has 6 heterocycles. The zero-order valence-electron chi connectivity index (χ0n) is 46.2. The van der Waals surface area contributed by atoms with E-state index in [0.29, 0.717) is 156 Å². The maximum absolute atomic E-state index is 14.9. The number of anilines is 7. The van der Waals surface area contributed by atoms with Gasteiger partial charge in [0.05, 0.1) is 137 Å². The number of hydrogen-bond donors (Lipinski definition) is 4. The van der Waals surface area contributed by atoms with Crippen LogP contribution in [0.1, 0.15) is 49.4 Å². The third kappa shape index (κ3) is 15.1. The first-order valence-corrected chi connectivity index (χ1v) is 27.0. The van der Waals surface area contributed by atoms with Crippen molar-refractivity contribution in [2.24, 2.45) is 7.05 Å². The number of likely N-dealkylation sites (N-methyl/N-ethyl adjacent to an activating group) is 1. The fourth-order valence-corrected chi connectivity index (χ4v) is 9.61. The molecule has 1 saturated carbocycles. The van der Waals surface area contributed by atoms with Crippen molar-refractivity contribution >= 4 is 69.5 Å². The van der Waals surface area contributed by atoms with Gasteiger partial charge in [0.25, 0.3) is 11.8 Å². The van der Waals surface area contributed by atoms with Crippen molar-refractivity contribution in [1.82, 2.24) is 49.9 Å². The van der Waals surface area contributed by atoms with E-state index in [1.807, 2.05) is 6.92 Å². The van der Waals surface area contributed by atoms with Crippen LogP contribution < -0.4 is 45.4 Å². The van der Waals surface area contributed by atoms with Gasteiger partial charge in [-0.15, -0.1) is 5.10 Å². The van der Waals surface area contributed by atoms with E-state index in [-0.39, 0.29) is 42.9 Å². The van der Waals surface area contributed by atoms with E-state index in [9.17, 15) is 18.8 Å². The van der Waals surface area contributed by atoms with Crippen molar-refractivity contribution in [2.75, 3.05) is 146 Å². The molecule has 2 fully saturated rings. The third-order valence-corrected chi connectivity index (χ3v) is 13.7. The molecule has 0 bridgehead atoms. The number of alkyl halides is 1. The van der Waals surface area contributed by atoms with Crippen molar-refractivity contribution in [3.63, 3.8) is 0 Å². The van der Waals surface area contributed by atoms with Gasteiger partial charge in [0, 0.05) is 38.8 Å². The number of methoxy groups -OCH3 is 2. The molecule has 4 N–H and O–H groups in total. The Morgan fingerprint density at radius 2 is 1.50 bits per heavy atom. The summed E-state index contributed by atoms with van der Waals surface area (Å²) in [6, 6.07) is 4.36. The largest absolute Gasteiger partial charge is 0.495 e. The fraction of sp³-hybridized carbons (Fsp3) is 0.566. The van der Waals surface area contributed by atoms with Crippen LogP contribution in [-0.2, 0) is 51.6 Å². The van der Waals surface area contributed by atoms with E-state index in [1.54, 1.807) is 70.1 Å². The van der Waals surface area contributed by atoms with Crippen LogP contribution in [0.5, 0.6) is 11.6 Å². The second-order valence-electron chi connectivity index (χ2n) is 19.1. The molecule has 27 heteroatoms. The number of rotatable bonds is 33. The Hall–Kier alpha value is -7.30. The number of aryl methyl sites for hydroxylation is 1. The number of fused-ring (bicyclic) bond motifs is 2. The second-order valence-corrected chi connectivity index (χ2v) is 19.1. The van der Waals surface area contributed by atoms with E-state index < -0.39 is 18.1 Å². The number of benzene rings is 1. The maximum Gasteiger partial charge on any atom is 0.256 e. The highest BCUT2D eigenvalue weighted by molar-refractivity contribution is 6.04. The summed E-state index contributed by atoms with van der Waals surface area (Å²) < 4.78 is 63.3. The summed E-state index contributed by atoms with van der Waals surface area (Å²) in [7, 11) is 6.63. The smallest absolute Gasteiger partial charge is 0.256 e. The number of imidazole rings is 1. The molecule has 3 atom stereocenters. The standard InChI is InChI=1S/C53H74FN15O11/c1-7-41-51(72)66(4)42-30-56-52(62-47(42)69(41)36-11-9-10-12-36)60-38-14-13-35(29-43(38)73-5)49(71)55-15-17-75-19-21-77-23-25-79-27-28-80-26-24-78-22-20-76-18-16-68-33-40(50(64-68)74-6)59-46-45-48(65(3)34-57-45)63-53(61-46)67-31-37(54)39(32-67)58-44(70)8-2/h8,13-14,29-30,33-34,36-37,39,41H,2,7,9-12,15-28,31-32H2,1,3-6H3,(H,55,71)(H,58,70)(H,56,60,62)(H,59,61,63)/t37-,39?,41-/m1/s1. The summed E-state index contributed by atoms with van der Waals surface area (Å²) in [5.41, 5.74) is 3.28. The molecule has 8 rings (SSSR count). The van der Waals surface area contributed by atoms with Crippen LogP contribution in [0.2, 0.25) is 0 Å². The number of hydrogen-bond acceptors (Lipinski definition) is 21. The minimum absolute atomic E-state index is 0.00393. The first-order chi connectivity index (χ1) is 39.0. The van der Waals surface area contributed by atoms with Gasteiger partial charge >= 0.3 is 0 Å². The van der Waals surface area contributed by atoms with Gasteiger partial charge < -0.3 is 78.4 Å². The lowest BCUT2D eigenvalue weighted by atomic mass is 10.0. The van der Waals surface area contributed by atoms with Crippen LogP contribution in [0.3, 0.4) is 0 Å². The van der Waals surface area contributed by atoms with Gasteiger partial charge in [0.15, 0.2) is 22.8 Å². The molecular formula is C53H74FN15O11. The first kappa shape index (κ1) is 58.8. The van der Waals surface area contributed by atoms with Crippen LogP contribution in [-0.4, -0.2) is 201 Å². The first-order valence-electron chi connectivity index (χ1n) is 27.0. The zero-order valence-corrected chi connectivity index (χ0v) is 46.2. The molecule has 0 spiro atoms. The Labute approximate surface area is 464 Å². The highest BCUT2D eigenvalue weighted by Crippen LogP contribution is 2.41. The van der Waals surface area contributed by atoms with Crippen LogP contribution in [0.15, 0.2) is 49.6 Å². The maximum atomic E-state index is 14.9. The topological polar surface area (TPSA) is 270 Å². The molecule has 80 heavy (non-hydrogen) atoms. The van der Waals surface area contributed by atoms with Gasteiger partial charge in [-0.2, -0.15) is 15.0 Å². The average Bonchev–Trinajstić information content (AvgIpc) is 4.35. The molecule has 2 aliphatic heterocycles. The molecule has 1 aromatic carbocycles. The molecule has 1 saturated heterocycles. The van der Waals surface area contributed by atoms with E-state index >= 15 is 0 Å². The Morgan fingerprint density at radius 1 is 0.825 bits per heavy atom. The van der Waals surface area contributed by atoms with Crippen LogP contribution >= 0.6 is 0 Å². The number of aromatic nitrogens is 8. The number of halogens is 1. The van der Waals surface area contributed by atoms with E-state index in [4.69, 9.17) is 47.9 Å². The number of carbonyl (C=O) groups excluding carboxylic acids is 3. The zero-order chi connectivity index (χ0) is 56.4. The average molecular weight is 1120 g/mol. The van der Waals surface area contributed by atoms with Crippen molar-refractivity contribution in [2.45, 2.75) is 69.9 Å². The van der Waals surface area contributed by atoms with Crippen molar-refractivity contribution in [3.05, 3.63) is 55.1 Å². The molecule has 3 aliphatic rings. The minimum atomic E-state index is -1.32. The Morgan fingerprint density at radius 3 is 2.15 bits per heavy atom. The van der Waals surface area contributed by atoms with Gasteiger partial charge in [-0.05, 0) is 43.5 Å². The second kappa shape index (κ2) is 29.2. The minimum Gasteiger partial charge on any atom is -0.495 e. The summed E-state index contributed by atoms with van der Waals surface area (Å²) in [6.45, 7) is 11.1. The number of ether oxygens (including phenoxy) is 8. The summed E-state index contributed by atoms with van der Waals surface area (Å²) in [6.07, 6.45) is 9.86. The van der Waals surface area contributed by atoms with Crippen LogP contribution in [0, 0.1) is 0 Å². The van der Waals surface area contributed by atoms with Crippen molar-refractivity contribution < 1.29 is 56.7 Å². The monoisotopic (exact) mass is 1120 g/mol. The predicted molar refractivity (Wildman–Crippen MR) is 295 cm³/mol. The van der Waals surface area contributed by atoms with E-state index in [2.05, 4.69) is 52.8 Å². The quantitative estimate of drug-likeness (QED) is 0.0344. The number of carbonyl (C=O) groups is 3. The molecular weight excluding hydrogens is 1040 g/mol. The Bertz CT molecular complexity index is 2850. The van der Waals surface area contributed by atoms with Crippen LogP contribution in [0.4, 0.5) is 45.0 Å². The molecule has 3 amide bonds. The van der Waals surface area contributed by atoms with Gasteiger partial charge in [0.1, 0.15) is 29.3 Å². The van der Waals surface area contributed by atoms with E-state index in [0.717, 1.165) is 37.6 Å². The summed E-state index contributed by atoms with van der Waals surface area (Å²) in [5.74, 6) is 1.89. The predicted octanol–water partition coefficient (Wildman–Crippen LogP) is 3.72. The molecule has 1 unspecified atom stereocenters. The van der Waals surface area contributed by atoms with E-state index in [1.165, 1.54) is 14.2 Å².